The summed E-state index contributed by atoms with van der Waals surface area (Å²) >= 11 is 12.1. The topological polar surface area (TPSA) is 112 Å². The largest absolute Gasteiger partial charge is 0.456 e. The molecule has 2 rings (SSSR count). The number of hydrogen-bond donors (Lipinski definition) is 3. The highest BCUT2D eigenvalue weighted by Gasteiger charge is 2.05. The first kappa shape index (κ1) is 15.9. The smallest absolute Gasteiger partial charge is 0.223 e. The second kappa shape index (κ2) is 7.02. The van der Waals surface area contributed by atoms with E-state index in [9.17, 15) is 0 Å². The molecule has 0 bridgehead atoms. The first-order valence-corrected chi connectivity index (χ1v) is 6.86. The lowest BCUT2D eigenvalue weighted by molar-refractivity contribution is 0.483. The summed E-state index contributed by atoms with van der Waals surface area (Å²) in [4.78, 5) is 7.62. The van der Waals surface area contributed by atoms with Crippen molar-refractivity contribution >= 4 is 40.8 Å². The van der Waals surface area contributed by atoms with Gasteiger partial charge in [0.25, 0.3) is 0 Å². The van der Waals surface area contributed by atoms with Gasteiger partial charge in [-0.25, -0.2) is 4.99 Å². The average molecular weight is 338 g/mol. The van der Waals surface area contributed by atoms with Gasteiger partial charge >= 0.3 is 0 Å². The Morgan fingerprint density at radius 3 is 2.41 bits per heavy atom. The molecule has 8 heteroatoms. The van der Waals surface area contributed by atoms with Crippen molar-refractivity contribution < 1.29 is 4.74 Å². The van der Waals surface area contributed by atoms with Crippen LogP contribution in [-0.4, -0.2) is 11.9 Å². The van der Waals surface area contributed by atoms with E-state index in [0.717, 1.165) is 0 Å². The van der Waals surface area contributed by atoms with Crippen molar-refractivity contribution in [3.05, 3.63) is 52.5 Å². The summed E-state index contributed by atoms with van der Waals surface area (Å²) in [5, 5.41) is 0.929. The molecule has 0 aromatic heterocycles. The molecule has 0 atom stereocenters. The van der Waals surface area contributed by atoms with Gasteiger partial charge in [-0.2, -0.15) is 4.99 Å². The molecule has 0 amide bonds. The van der Waals surface area contributed by atoms with Crippen LogP contribution < -0.4 is 21.9 Å². The van der Waals surface area contributed by atoms with Crippen LogP contribution in [0.1, 0.15) is 0 Å². The number of benzene rings is 2. The number of rotatable bonds is 3. The fourth-order valence-electron chi connectivity index (χ4n) is 1.59. The normalized spacial score (nSPS) is 11.1. The van der Waals surface area contributed by atoms with Crippen molar-refractivity contribution in [1.82, 2.24) is 0 Å². The minimum Gasteiger partial charge on any atom is -0.456 e. The van der Waals surface area contributed by atoms with Crippen LogP contribution in [0.25, 0.3) is 0 Å². The Bertz CT molecular complexity index is 742. The number of guanidine groups is 2. The lowest BCUT2D eigenvalue weighted by Crippen LogP contribution is -2.26. The maximum atomic E-state index is 6.16. The molecule has 2 aromatic carbocycles. The van der Waals surface area contributed by atoms with E-state index < -0.39 is 0 Å². The fraction of sp³-hybridized carbons (Fsp3) is 0. The van der Waals surface area contributed by atoms with Gasteiger partial charge in [0.2, 0.25) is 5.96 Å². The molecule has 0 saturated carbocycles. The number of ether oxygens (including phenoxy) is 1. The summed E-state index contributed by atoms with van der Waals surface area (Å²) in [6.45, 7) is 0. The highest BCUT2D eigenvalue weighted by molar-refractivity contribution is 6.32. The zero-order valence-electron chi connectivity index (χ0n) is 11.3. The molecule has 0 radical (unpaired) electrons. The quantitative estimate of drug-likeness (QED) is 0.590. The first-order valence-electron chi connectivity index (χ1n) is 6.11. The Hall–Kier alpha value is -2.44. The predicted octanol–water partition coefficient (Wildman–Crippen LogP) is 3.01. The summed E-state index contributed by atoms with van der Waals surface area (Å²) in [7, 11) is 0. The minimum atomic E-state index is -0.173. The van der Waals surface area contributed by atoms with Crippen LogP contribution in [0.5, 0.6) is 11.5 Å². The predicted molar refractivity (Wildman–Crippen MR) is 90.1 cm³/mol. The molecule has 0 saturated heterocycles. The molecule has 0 fully saturated rings. The van der Waals surface area contributed by atoms with E-state index in [4.69, 9.17) is 45.1 Å². The van der Waals surface area contributed by atoms with Gasteiger partial charge < -0.3 is 21.9 Å². The zero-order chi connectivity index (χ0) is 16.1. The second-order valence-electron chi connectivity index (χ2n) is 4.18. The third-order valence-electron chi connectivity index (χ3n) is 2.43. The third-order valence-corrected chi connectivity index (χ3v) is 2.96. The van der Waals surface area contributed by atoms with Crippen molar-refractivity contribution in [1.29, 1.82) is 0 Å². The van der Waals surface area contributed by atoms with Gasteiger partial charge in [0.05, 0.1) is 10.7 Å². The van der Waals surface area contributed by atoms with Crippen LogP contribution in [0.15, 0.2) is 52.4 Å². The van der Waals surface area contributed by atoms with Crippen LogP contribution in [-0.2, 0) is 0 Å². The van der Waals surface area contributed by atoms with E-state index in [1.807, 2.05) is 0 Å². The van der Waals surface area contributed by atoms with Crippen molar-refractivity contribution in [2.75, 3.05) is 0 Å². The minimum absolute atomic E-state index is 0.0698. The number of aliphatic imine (C=N–C) groups is 2. The summed E-state index contributed by atoms with van der Waals surface area (Å²) in [5.41, 5.74) is 16.5. The molecular weight excluding hydrogens is 325 g/mol. The number of nitrogens with zero attached hydrogens (tertiary/aromatic N) is 2. The fourth-order valence-corrected chi connectivity index (χ4v) is 1.98. The van der Waals surface area contributed by atoms with Gasteiger partial charge in [0, 0.05) is 5.02 Å². The molecule has 0 aliphatic heterocycles. The molecule has 0 spiro atoms. The Labute approximate surface area is 137 Å². The van der Waals surface area contributed by atoms with Gasteiger partial charge in [0.1, 0.15) is 11.5 Å². The van der Waals surface area contributed by atoms with Gasteiger partial charge in [-0.05, 0) is 36.4 Å². The van der Waals surface area contributed by atoms with Crippen LogP contribution in [0.3, 0.4) is 0 Å². The number of hydrogen-bond acceptors (Lipinski definition) is 2. The van der Waals surface area contributed by atoms with E-state index in [1.54, 1.807) is 42.5 Å². The van der Waals surface area contributed by atoms with Crippen molar-refractivity contribution in [2.24, 2.45) is 27.2 Å². The van der Waals surface area contributed by atoms with Crippen LogP contribution in [0.2, 0.25) is 10.0 Å². The summed E-state index contributed by atoms with van der Waals surface area (Å²) in [6, 6.07) is 11.9. The highest BCUT2D eigenvalue weighted by Crippen LogP contribution is 2.33. The van der Waals surface area contributed by atoms with E-state index in [-0.39, 0.29) is 11.9 Å². The van der Waals surface area contributed by atoms with Crippen LogP contribution in [0, 0.1) is 0 Å². The van der Waals surface area contributed by atoms with Gasteiger partial charge in [-0.15, -0.1) is 0 Å². The van der Waals surface area contributed by atoms with Gasteiger partial charge in [0.15, 0.2) is 5.96 Å². The zero-order valence-corrected chi connectivity index (χ0v) is 12.8. The Balaban J connectivity index is 2.21. The van der Waals surface area contributed by atoms with Gasteiger partial charge in [-0.3, -0.25) is 0 Å². The molecule has 0 heterocycles. The van der Waals surface area contributed by atoms with Crippen molar-refractivity contribution in [3.8, 4) is 11.5 Å². The third kappa shape index (κ3) is 4.54. The lowest BCUT2D eigenvalue weighted by Gasteiger charge is -2.08. The molecule has 0 aliphatic carbocycles. The number of halogens is 2. The lowest BCUT2D eigenvalue weighted by atomic mass is 10.3. The van der Waals surface area contributed by atoms with E-state index in [0.29, 0.717) is 27.2 Å². The van der Waals surface area contributed by atoms with Crippen molar-refractivity contribution in [2.45, 2.75) is 0 Å². The maximum absolute atomic E-state index is 6.16. The molecule has 0 aliphatic rings. The number of nitrogens with two attached hydrogens (primary N) is 3. The molecule has 2 aromatic rings. The van der Waals surface area contributed by atoms with E-state index in [2.05, 4.69) is 9.98 Å². The van der Waals surface area contributed by atoms with E-state index >= 15 is 0 Å². The van der Waals surface area contributed by atoms with Gasteiger partial charge in [-0.1, -0.05) is 29.3 Å². The Kier molecular flexibility index (Phi) is 5.08. The SMILES string of the molecule is NC(N)=NC(N)=Nc1ccc(Oc2cccc(Cl)c2)c(Cl)c1. The molecule has 6 N–H and O–H groups in total. The first-order chi connectivity index (χ1) is 10.4. The molecule has 6 nitrogen and oxygen atoms in total. The van der Waals surface area contributed by atoms with Crippen LogP contribution >= 0.6 is 23.2 Å². The summed E-state index contributed by atoms with van der Waals surface area (Å²) in [6.07, 6.45) is 0. The Morgan fingerprint density at radius 2 is 1.77 bits per heavy atom. The molecule has 114 valence electrons. The summed E-state index contributed by atoms with van der Waals surface area (Å²) in [5.74, 6) is 0.793. The molecule has 22 heavy (non-hydrogen) atoms. The average Bonchev–Trinajstić information content (AvgIpc) is 2.41. The summed E-state index contributed by atoms with van der Waals surface area (Å²) < 4.78 is 5.65. The molecular formula is C14H13Cl2N5O. The van der Waals surface area contributed by atoms with Crippen LogP contribution in [0.4, 0.5) is 5.69 Å². The standard InChI is InChI=1S/C14H13Cl2N5O/c15-8-2-1-3-10(6-8)22-12-5-4-9(7-11(12)16)20-14(19)21-13(17)18/h1-7H,(H6,17,18,19,20,21). The van der Waals surface area contributed by atoms with E-state index in [1.165, 1.54) is 0 Å². The highest BCUT2D eigenvalue weighted by atomic mass is 35.5. The monoisotopic (exact) mass is 337 g/mol. The maximum Gasteiger partial charge on any atom is 0.223 e. The molecule has 0 unspecified atom stereocenters. The van der Waals surface area contributed by atoms with Crippen molar-refractivity contribution in [3.63, 3.8) is 0 Å². The second-order valence-corrected chi connectivity index (χ2v) is 5.02. The Morgan fingerprint density at radius 1 is 1.00 bits per heavy atom.